The van der Waals surface area contributed by atoms with Crippen LogP contribution in [-0.2, 0) is 22.5 Å². The maximum absolute atomic E-state index is 11.9. The molecule has 6 N–H and O–H groups in total. The first kappa shape index (κ1) is 71.7. The second-order valence-corrected chi connectivity index (χ2v) is 28.5. The largest absolute Gasteiger partial charge is 1.00 e. The Bertz CT molecular complexity index is 2970. The summed E-state index contributed by atoms with van der Waals surface area (Å²) in [6.07, 6.45) is 0.153. The molecule has 0 aromatic heterocycles. The van der Waals surface area contributed by atoms with Crippen LogP contribution in [0.25, 0.3) is 0 Å². The molecule has 427 valence electrons. The normalized spacial score (nSPS) is 10.8. The van der Waals surface area contributed by atoms with Gasteiger partial charge in [-0.15, -0.1) is 0 Å². The van der Waals surface area contributed by atoms with Gasteiger partial charge in [0.2, 0.25) is 0 Å². The number of aliphatic hydroxyl groups excluding tert-OH is 1. The number of carbonyl (C=O) groups excluding carboxylic acids is 3. The van der Waals surface area contributed by atoms with Gasteiger partial charge in [0, 0.05) is 60.6 Å². The molecule has 0 atom stereocenters. The smallest absolute Gasteiger partial charge is 1.00 e. The number of nitro benzene ring substituents is 3. The summed E-state index contributed by atoms with van der Waals surface area (Å²) in [6, 6.07) is 35.0. The summed E-state index contributed by atoms with van der Waals surface area (Å²) in [6.45, 7) is 25.2. The summed E-state index contributed by atoms with van der Waals surface area (Å²) in [4.78, 5) is 66.5. The minimum atomic E-state index is -1.39. The van der Waals surface area contributed by atoms with Crippen LogP contribution in [0.3, 0.4) is 0 Å². The Labute approximate surface area is 504 Å². The molecule has 0 fully saturated rings. The van der Waals surface area contributed by atoms with Crippen molar-refractivity contribution in [3.63, 3.8) is 0 Å². The summed E-state index contributed by atoms with van der Waals surface area (Å²) >= 11 is 6.15. The number of rotatable bonds is 14. The third-order valence-corrected chi connectivity index (χ3v) is 16.4. The van der Waals surface area contributed by atoms with E-state index in [2.05, 4.69) is 60.4 Å². The van der Waals surface area contributed by atoms with E-state index in [4.69, 9.17) is 25.7 Å². The van der Waals surface area contributed by atoms with Crippen molar-refractivity contribution in [2.45, 2.75) is 119 Å². The second-order valence-electron chi connectivity index (χ2n) is 21.3. The van der Waals surface area contributed by atoms with E-state index >= 15 is 0 Å². The Morgan fingerprint density at radius 1 is 0.593 bits per heavy atom. The van der Waals surface area contributed by atoms with Gasteiger partial charge in [-0.2, -0.15) is 11.1 Å². The fourth-order valence-electron chi connectivity index (χ4n) is 6.25. The molecule has 81 heavy (non-hydrogen) atoms. The van der Waals surface area contributed by atoms with Crippen molar-refractivity contribution in [1.82, 2.24) is 0 Å². The number of hydrogen-bond acceptors (Lipinski definition) is 15. The topological polar surface area (TPSA) is 279 Å². The molecule has 20 nitrogen and oxygen atoms in total. The van der Waals surface area contributed by atoms with Crippen molar-refractivity contribution in [2.24, 2.45) is 0 Å². The maximum atomic E-state index is 11.9. The van der Waals surface area contributed by atoms with Gasteiger partial charge in [-0.3, -0.25) is 45.8 Å². The van der Waals surface area contributed by atoms with Crippen molar-refractivity contribution in [2.75, 3.05) is 26.6 Å². The van der Waals surface area contributed by atoms with Crippen LogP contribution in [0.4, 0.5) is 72.2 Å². The quantitative estimate of drug-likeness (QED) is 0.0194. The molecule has 2 amide bonds. The molecule has 0 aliphatic rings. The number of aliphatic hydroxyl groups is 1. The fourth-order valence-corrected chi connectivity index (χ4v) is 6.25. The van der Waals surface area contributed by atoms with Gasteiger partial charge in [0.25, 0.3) is 17.1 Å². The number of benzene rings is 6. The standard InChI is InChI=1S/C19H23N3O4.C18H21N3O5.C14H12N2O3.C6H15ClSi.B.Na.H/c1-5-13-9-10-16(17(11-13)22(24)25)20-14-7-6-8-15(12-14)21-18(23)26-19(2,3)4;1-18(2,3)26-17(23)20-14-6-4-5-13(10-14)19-15-8-7-12(11-22)9-16(15)21(24)25;1-10-3-2-4-12(7-10)15-13-6-5-11(9-17)8-14(13)16(18)19;1-6(2,3)8(4,5)7;;;/h6-12,20H,5H2,1-4H3,(H,21,23);4-10,19,22H,11H2,1-3H3,(H,20,23);2-9,15H,1H3;1-5H3;;;/q;;;;;+1;-1. The van der Waals surface area contributed by atoms with E-state index in [0.717, 1.165) is 23.2 Å². The minimum absolute atomic E-state index is 0. The van der Waals surface area contributed by atoms with Crippen LogP contribution in [0, 0.1) is 37.3 Å². The van der Waals surface area contributed by atoms with Gasteiger partial charge < -0.3 is 32.0 Å². The number of aryl methyl sites for hydroxylation is 2. The van der Waals surface area contributed by atoms with Gasteiger partial charge in [0.05, 0.1) is 21.4 Å². The second kappa shape index (κ2) is 32.2. The van der Waals surface area contributed by atoms with Gasteiger partial charge in [-0.25, -0.2) is 9.59 Å². The number of ether oxygens (including phenoxy) is 2. The third kappa shape index (κ3) is 25.8. The monoisotopic (exact) mass is 1160 g/mol. The molecule has 3 radical (unpaired) electrons. The average Bonchev–Trinajstić information content (AvgIpc) is 3.33. The number of carbonyl (C=O) groups is 3. The predicted octanol–water partition coefficient (Wildman–Crippen LogP) is 12.9. The Morgan fingerprint density at radius 2 is 0.938 bits per heavy atom. The Balaban J connectivity index is 0.00000111. The maximum Gasteiger partial charge on any atom is 1.00 e. The van der Waals surface area contributed by atoms with Crippen LogP contribution in [0.1, 0.15) is 97.7 Å². The van der Waals surface area contributed by atoms with Gasteiger partial charge in [0.1, 0.15) is 34.6 Å². The number of nitro groups is 3. The molecule has 6 aromatic carbocycles. The molecule has 6 rings (SSSR count). The zero-order chi connectivity index (χ0) is 59.5. The molecule has 0 unspecified atom stereocenters. The summed E-state index contributed by atoms with van der Waals surface area (Å²) in [5.74, 6) is 0. The first-order chi connectivity index (χ1) is 36.7. The van der Waals surface area contributed by atoms with Gasteiger partial charge in [0.15, 0.2) is 7.38 Å². The van der Waals surface area contributed by atoms with Crippen LogP contribution in [0.2, 0.25) is 18.1 Å². The molecule has 0 spiro atoms. The predicted molar refractivity (Wildman–Crippen MR) is 324 cm³/mol. The number of anilines is 8. The SMILES string of the molecule is CC(C)(C)OC(=O)Nc1cccc(Nc2ccc(CO)cc2[N+](=O)[O-])c1.CC(C)(C)[Si](C)(C)Cl.CCc1ccc(Nc2cccc(NC(=O)OC(C)(C)C)c2)c([N+](=O)[O-])c1.Cc1cccc(Nc2ccc(C=O)cc2[N+](=O)[O-])c1.[B].[H-].[Na+]. The summed E-state index contributed by atoms with van der Waals surface area (Å²) in [5, 5.41) is 57.3. The van der Waals surface area contributed by atoms with Crippen LogP contribution in [-0.4, -0.2) is 65.3 Å². The van der Waals surface area contributed by atoms with E-state index in [9.17, 15) is 44.7 Å². The molecule has 0 aliphatic carbocycles. The third-order valence-electron chi connectivity index (χ3n) is 11.1. The van der Waals surface area contributed by atoms with Crippen molar-refractivity contribution < 1.29 is 74.7 Å². The number of amides is 2. The molecule has 0 bridgehead atoms. The minimum Gasteiger partial charge on any atom is -1.00 e. The fraction of sp³-hybridized carbons (Fsp3) is 0.316. The first-order valence-corrected chi connectivity index (χ1v) is 28.9. The Hall–Kier alpha value is -7.34. The number of nitrogens with zero attached hydrogens (tertiary/aromatic N) is 3. The summed E-state index contributed by atoms with van der Waals surface area (Å²) in [7, 11) is -1.39. The first-order valence-electron chi connectivity index (χ1n) is 24.9. The zero-order valence-corrected chi connectivity index (χ0v) is 52.1. The van der Waals surface area contributed by atoms with Gasteiger partial charge in [-0.1, -0.05) is 77.2 Å². The summed E-state index contributed by atoms with van der Waals surface area (Å²) < 4.78 is 10.4. The average molecular weight is 1160 g/mol. The van der Waals surface area contributed by atoms with Crippen LogP contribution in [0.15, 0.2) is 127 Å². The van der Waals surface area contributed by atoms with Crippen molar-refractivity contribution in [1.29, 1.82) is 0 Å². The molecular formula is C57H72BClN8NaO12Si. The summed E-state index contributed by atoms with van der Waals surface area (Å²) in [5.41, 5.74) is 5.18. The van der Waals surface area contributed by atoms with E-state index in [1.54, 1.807) is 108 Å². The molecule has 0 heterocycles. The van der Waals surface area contributed by atoms with E-state index in [0.29, 0.717) is 51.0 Å². The number of aldehydes is 1. The zero-order valence-electron chi connectivity index (χ0n) is 49.4. The molecular weight excluding hydrogens is 1090 g/mol. The van der Waals surface area contributed by atoms with E-state index in [1.165, 1.54) is 30.3 Å². The molecule has 24 heteroatoms. The van der Waals surface area contributed by atoms with Crippen molar-refractivity contribution in [3.8, 4) is 0 Å². The van der Waals surface area contributed by atoms with Crippen LogP contribution in [0.5, 0.6) is 0 Å². The molecule has 0 saturated heterocycles. The van der Waals surface area contributed by atoms with Gasteiger partial charge >= 0.3 is 41.7 Å². The van der Waals surface area contributed by atoms with Crippen LogP contribution >= 0.6 is 11.1 Å². The number of hydrogen-bond donors (Lipinski definition) is 6. The van der Waals surface area contributed by atoms with Crippen LogP contribution < -0.4 is 56.1 Å². The molecule has 0 aliphatic heterocycles. The Morgan fingerprint density at radius 3 is 1.28 bits per heavy atom. The molecule has 0 saturated carbocycles. The number of halogens is 1. The van der Waals surface area contributed by atoms with E-state index in [1.807, 2.05) is 44.2 Å². The van der Waals surface area contributed by atoms with E-state index in [-0.39, 0.29) is 74.3 Å². The van der Waals surface area contributed by atoms with Crippen molar-refractivity contribution in [3.05, 3.63) is 180 Å². The number of nitrogens with one attached hydrogen (secondary N) is 5. The Kier molecular flexibility index (Phi) is 28.5. The van der Waals surface area contributed by atoms with E-state index < -0.39 is 45.5 Å². The molecule has 6 aromatic rings. The van der Waals surface area contributed by atoms with Gasteiger partial charge in [-0.05, 0) is 149 Å². The van der Waals surface area contributed by atoms with Crippen molar-refractivity contribution >= 4 is 108 Å².